The van der Waals surface area contributed by atoms with Gasteiger partial charge in [0.15, 0.2) is 0 Å². The van der Waals surface area contributed by atoms with Gasteiger partial charge in [0.1, 0.15) is 0 Å². The minimum absolute atomic E-state index is 0.547. The van der Waals surface area contributed by atoms with Crippen molar-refractivity contribution in [2.24, 2.45) is 5.92 Å². The molecule has 2 heterocycles. The van der Waals surface area contributed by atoms with Gasteiger partial charge in [-0.25, -0.2) is 0 Å². The molecule has 74 valence electrons. The van der Waals surface area contributed by atoms with Crippen molar-refractivity contribution < 1.29 is 4.74 Å². The van der Waals surface area contributed by atoms with E-state index >= 15 is 0 Å². The Hall–Kier alpha value is -0.780. The van der Waals surface area contributed by atoms with Crippen molar-refractivity contribution in [2.45, 2.75) is 19.8 Å². The molecule has 14 heavy (non-hydrogen) atoms. The number of aryl methyl sites for hydroxylation is 1. The molecular weight excluding hydrogens is 192 g/mol. The molecule has 0 aliphatic carbocycles. The van der Waals surface area contributed by atoms with E-state index in [-0.39, 0.29) is 0 Å². The van der Waals surface area contributed by atoms with Gasteiger partial charge in [-0.2, -0.15) is 0 Å². The third-order valence-electron chi connectivity index (χ3n) is 2.36. The standard InChI is InChI=1S/C12H14OS/c1-10-2-4-12(14-10)5-3-11-6-8-13-9-7-11/h2,4,11H,6-9H2,1H3. The van der Waals surface area contributed by atoms with Gasteiger partial charge < -0.3 is 4.74 Å². The molecule has 0 amide bonds. The summed E-state index contributed by atoms with van der Waals surface area (Å²) in [7, 11) is 0. The van der Waals surface area contributed by atoms with E-state index in [0.717, 1.165) is 26.1 Å². The van der Waals surface area contributed by atoms with Gasteiger partial charge >= 0.3 is 0 Å². The first-order chi connectivity index (χ1) is 6.84. The topological polar surface area (TPSA) is 9.23 Å². The summed E-state index contributed by atoms with van der Waals surface area (Å²) in [5, 5.41) is 0. The zero-order valence-corrected chi connectivity index (χ0v) is 9.19. The highest BCUT2D eigenvalue weighted by Gasteiger charge is 2.10. The van der Waals surface area contributed by atoms with Crippen molar-refractivity contribution in [1.29, 1.82) is 0 Å². The van der Waals surface area contributed by atoms with Crippen LogP contribution >= 0.6 is 11.3 Å². The second-order valence-electron chi connectivity index (χ2n) is 3.57. The van der Waals surface area contributed by atoms with E-state index in [1.165, 1.54) is 9.75 Å². The second kappa shape index (κ2) is 4.63. The van der Waals surface area contributed by atoms with E-state index in [2.05, 4.69) is 30.9 Å². The fourth-order valence-electron chi connectivity index (χ4n) is 1.52. The van der Waals surface area contributed by atoms with Crippen molar-refractivity contribution in [3.8, 4) is 11.8 Å². The Kier molecular flexibility index (Phi) is 3.23. The van der Waals surface area contributed by atoms with Crippen molar-refractivity contribution in [3.05, 3.63) is 21.9 Å². The molecule has 1 aromatic rings. The van der Waals surface area contributed by atoms with Crippen molar-refractivity contribution in [2.75, 3.05) is 13.2 Å². The molecular formula is C12H14OS. The summed E-state index contributed by atoms with van der Waals surface area (Å²) in [6.07, 6.45) is 2.19. The summed E-state index contributed by atoms with van der Waals surface area (Å²) in [6.45, 7) is 3.87. The fourth-order valence-corrected chi connectivity index (χ4v) is 2.25. The van der Waals surface area contributed by atoms with Crippen molar-refractivity contribution >= 4 is 11.3 Å². The van der Waals surface area contributed by atoms with Crippen LogP contribution in [0.1, 0.15) is 22.6 Å². The lowest BCUT2D eigenvalue weighted by molar-refractivity contribution is 0.0807. The van der Waals surface area contributed by atoms with Crippen LogP contribution in [0.3, 0.4) is 0 Å². The van der Waals surface area contributed by atoms with Crippen LogP contribution in [0.5, 0.6) is 0 Å². The molecule has 1 nitrogen and oxygen atoms in total. The Bertz CT molecular complexity index is 350. The summed E-state index contributed by atoms with van der Waals surface area (Å²) in [4.78, 5) is 2.52. The number of hydrogen-bond donors (Lipinski definition) is 0. The Morgan fingerprint density at radius 2 is 2.14 bits per heavy atom. The SMILES string of the molecule is Cc1ccc(C#CC2CCOCC2)s1. The first-order valence-corrected chi connectivity index (χ1v) is 5.82. The van der Waals surface area contributed by atoms with E-state index in [0.29, 0.717) is 5.92 Å². The van der Waals surface area contributed by atoms with Crippen LogP contribution in [0.2, 0.25) is 0 Å². The average Bonchev–Trinajstić information content (AvgIpc) is 2.63. The molecule has 1 aromatic heterocycles. The quantitative estimate of drug-likeness (QED) is 0.593. The zero-order chi connectivity index (χ0) is 9.80. The molecule has 0 N–H and O–H groups in total. The summed E-state index contributed by atoms with van der Waals surface area (Å²) in [5.74, 6) is 7.13. The highest BCUT2D eigenvalue weighted by Crippen LogP contribution is 2.16. The predicted molar refractivity (Wildman–Crippen MR) is 59.5 cm³/mol. The lowest BCUT2D eigenvalue weighted by Gasteiger charge is -2.16. The average molecular weight is 206 g/mol. The molecule has 2 rings (SSSR count). The van der Waals surface area contributed by atoms with E-state index in [4.69, 9.17) is 4.74 Å². The molecule has 0 unspecified atom stereocenters. The third-order valence-corrected chi connectivity index (χ3v) is 3.28. The molecule has 0 saturated carbocycles. The highest BCUT2D eigenvalue weighted by atomic mass is 32.1. The molecule has 1 saturated heterocycles. The van der Waals surface area contributed by atoms with Crippen LogP contribution in [0.4, 0.5) is 0 Å². The van der Waals surface area contributed by atoms with Crippen LogP contribution in [-0.2, 0) is 4.74 Å². The van der Waals surface area contributed by atoms with Gasteiger partial charge in [0.05, 0.1) is 4.88 Å². The Labute approximate surface area is 89.1 Å². The van der Waals surface area contributed by atoms with Gasteiger partial charge in [0, 0.05) is 24.0 Å². The van der Waals surface area contributed by atoms with Crippen LogP contribution in [0, 0.1) is 24.7 Å². The lowest BCUT2D eigenvalue weighted by atomic mass is 10.0. The van der Waals surface area contributed by atoms with Gasteiger partial charge in [-0.1, -0.05) is 11.8 Å². The molecule has 1 fully saturated rings. The number of rotatable bonds is 0. The van der Waals surface area contributed by atoms with Crippen LogP contribution < -0.4 is 0 Å². The Morgan fingerprint density at radius 3 is 2.79 bits per heavy atom. The van der Waals surface area contributed by atoms with Gasteiger partial charge in [0.2, 0.25) is 0 Å². The van der Waals surface area contributed by atoms with Crippen molar-refractivity contribution in [1.82, 2.24) is 0 Å². The van der Waals surface area contributed by atoms with E-state index in [9.17, 15) is 0 Å². The summed E-state index contributed by atoms with van der Waals surface area (Å²) in [5.41, 5.74) is 0. The first-order valence-electron chi connectivity index (χ1n) is 5.00. The first kappa shape index (κ1) is 9.76. The molecule has 0 bridgehead atoms. The molecule has 1 aliphatic rings. The fraction of sp³-hybridized carbons (Fsp3) is 0.500. The predicted octanol–water partition coefficient (Wildman–Crippen LogP) is 2.83. The van der Waals surface area contributed by atoms with Crippen LogP contribution in [0.25, 0.3) is 0 Å². The summed E-state index contributed by atoms with van der Waals surface area (Å²) < 4.78 is 5.29. The molecule has 0 aromatic carbocycles. The summed E-state index contributed by atoms with van der Waals surface area (Å²) >= 11 is 1.77. The van der Waals surface area contributed by atoms with Crippen molar-refractivity contribution in [3.63, 3.8) is 0 Å². The molecule has 2 heteroatoms. The van der Waals surface area contributed by atoms with Gasteiger partial charge in [-0.05, 0) is 31.9 Å². The number of thiophene rings is 1. The highest BCUT2D eigenvalue weighted by molar-refractivity contribution is 7.12. The van der Waals surface area contributed by atoms with E-state index < -0.39 is 0 Å². The molecule has 0 atom stereocenters. The van der Waals surface area contributed by atoms with Gasteiger partial charge in [0.25, 0.3) is 0 Å². The largest absolute Gasteiger partial charge is 0.381 e. The van der Waals surface area contributed by atoms with E-state index in [1.807, 2.05) is 0 Å². The number of hydrogen-bond acceptors (Lipinski definition) is 2. The number of ether oxygens (including phenoxy) is 1. The maximum absolute atomic E-state index is 5.29. The lowest BCUT2D eigenvalue weighted by Crippen LogP contribution is -2.13. The minimum atomic E-state index is 0.547. The molecule has 0 radical (unpaired) electrons. The third kappa shape index (κ3) is 2.60. The van der Waals surface area contributed by atoms with Crippen LogP contribution in [-0.4, -0.2) is 13.2 Å². The van der Waals surface area contributed by atoms with E-state index in [1.54, 1.807) is 11.3 Å². The normalized spacial score (nSPS) is 17.5. The smallest absolute Gasteiger partial charge is 0.0771 e. The van der Waals surface area contributed by atoms with Gasteiger partial charge in [-0.3, -0.25) is 0 Å². The minimum Gasteiger partial charge on any atom is -0.381 e. The molecule has 1 aliphatic heterocycles. The second-order valence-corrected chi connectivity index (χ2v) is 4.85. The monoisotopic (exact) mass is 206 g/mol. The molecule has 0 spiro atoms. The maximum atomic E-state index is 5.29. The van der Waals surface area contributed by atoms with Crippen LogP contribution in [0.15, 0.2) is 12.1 Å². The maximum Gasteiger partial charge on any atom is 0.0771 e. The summed E-state index contributed by atoms with van der Waals surface area (Å²) in [6, 6.07) is 4.23. The Balaban J connectivity index is 1.98. The Morgan fingerprint density at radius 1 is 1.36 bits per heavy atom. The zero-order valence-electron chi connectivity index (χ0n) is 8.38. The van der Waals surface area contributed by atoms with Gasteiger partial charge in [-0.15, -0.1) is 11.3 Å².